The second kappa shape index (κ2) is 4.44. The standard InChI is InChI=1S/C12H18O4/c13-11(14)8-5-7-3-1-2-4-9(7)10(6-8)12(15)16/h7-10H,1-6H2,(H,13,14)(H,15,16). The van der Waals surface area contributed by atoms with Crippen LogP contribution in [0.1, 0.15) is 38.5 Å². The molecule has 2 aliphatic carbocycles. The molecule has 2 rings (SSSR count). The molecule has 0 aromatic heterocycles. The van der Waals surface area contributed by atoms with Gasteiger partial charge in [-0.15, -0.1) is 0 Å². The normalized spacial score (nSPS) is 38.8. The molecule has 90 valence electrons. The maximum Gasteiger partial charge on any atom is 0.306 e. The minimum atomic E-state index is -0.824. The Bertz CT molecular complexity index is 299. The van der Waals surface area contributed by atoms with Gasteiger partial charge in [0.15, 0.2) is 0 Å². The van der Waals surface area contributed by atoms with E-state index < -0.39 is 23.8 Å². The van der Waals surface area contributed by atoms with Crippen LogP contribution in [0.4, 0.5) is 0 Å². The van der Waals surface area contributed by atoms with Crippen LogP contribution in [0.25, 0.3) is 0 Å². The van der Waals surface area contributed by atoms with E-state index in [2.05, 4.69) is 0 Å². The van der Waals surface area contributed by atoms with E-state index in [1.165, 1.54) is 0 Å². The van der Waals surface area contributed by atoms with E-state index in [1.54, 1.807) is 0 Å². The molecule has 0 radical (unpaired) electrons. The third-order valence-corrected chi connectivity index (χ3v) is 4.28. The molecule has 0 bridgehead atoms. The zero-order chi connectivity index (χ0) is 11.7. The first-order valence-electron chi connectivity index (χ1n) is 6.05. The van der Waals surface area contributed by atoms with Gasteiger partial charge >= 0.3 is 11.9 Å². The van der Waals surface area contributed by atoms with Crippen LogP contribution in [0.3, 0.4) is 0 Å². The van der Waals surface area contributed by atoms with Crippen molar-refractivity contribution in [1.82, 2.24) is 0 Å². The van der Waals surface area contributed by atoms with Gasteiger partial charge in [0.05, 0.1) is 11.8 Å². The number of rotatable bonds is 2. The van der Waals surface area contributed by atoms with Crippen LogP contribution in [0.2, 0.25) is 0 Å². The van der Waals surface area contributed by atoms with E-state index in [0.717, 1.165) is 25.7 Å². The molecule has 0 saturated heterocycles. The van der Waals surface area contributed by atoms with Crippen molar-refractivity contribution in [3.05, 3.63) is 0 Å². The van der Waals surface area contributed by atoms with Gasteiger partial charge in [0, 0.05) is 0 Å². The first-order chi connectivity index (χ1) is 7.59. The van der Waals surface area contributed by atoms with Gasteiger partial charge in [0.1, 0.15) is 0 Å². The van der Waals surface area contributed by atoms with E-state index >= 15 is 0 Å². The zero-order valence-corrected chi connectivity index (χ0v) is 9.26. The second-order valence-corrected chi connectivity index (χ2v) is 5.16. The highest BCUT2D eigenvalue weighted by Crippen LogP contribution is 2.46. The van der Waals surface area contributed by atoms with Crippen molar-refractivity contribution >= 4 is 11.9 Å². The largest absolute Gasteiger partial charge is 0.481 e. The molecule has 4 atom stereocenters. The first-order valence-corrected chi connectivity index (χ1v) is 6.05. The minimum Gasteiger partial charge on any atom is -0.481 e. The van der Waals surface area contributed by atoms with E-state index in [-0.39, 0.29) is 5.92 Å². The van der Waals surface area contributed by atoms with Gasteiger partial charge < -0.3 is 10.2 Å². The van der Waals surface area contributed by atoms with E-state index in [1.807, 2.05) is 0 Å². The molecule has 2 N–H and O–H groups in total. The average molecular weight is 226 g/mol. The number of carboxylic acid groups (broad SMARTS) is 2. The number of carbonyl (C=O) groups is 2. The fourth-order valence-electron chi connectivity index (χ4n) is 3.49. The summed E-state index contributed by atoms with van der Waals surface area (Å²) in [5, 5.41) is 18.2. The average Bonchev–Trinajstić information content (AvgIpc) is 2.27. The van der Waals surface area contributed by atoms with Crippen molar-refractivity contribution < 1.29 is 19.8 Å². The van der Waals surface area contributed by atoms with Crippen LogP contribution in [-0.2, 0) is 9.59 Å². The molecule has 0 aromatic rings. The second-order valence-electron chi connectivity index (χ2n) is 5.16. The predicted octanol–water partition coefficient (Wildman–Crippen LogP) is 1.99. The molecule has 0 heterocycles. The van der Waals surface area contributed by atoms with Gasteiger partial charge in [-0.1, -0.05) is 19.3 Å². The number of fused-ring (bicyclic) bond motifs is 1. The molecule has 4 unspecified atom stereocenters. The molecule has 2 fully saturated rings. The zero-order valence-electron chi connectivity index (χ0n) is 9.26. The predicted molar refractivity (Wildman–Crippen MR) is 56.9 cm³/mol. The maximum absolute atomic E-state index is 11.2. The minimum absolute atomic E-state index is 0.224. The van der Waals surface area contributed by atoms with Crippen LogP contribution in [0.5, 0.6) is 0 Å². The molecule has 2 aliphatic rings. The Morgan fingerprint density at radius 3 is 2.25 bits per heavy atom. The molecular formula is C12H18O4. The van der Waals surface area contributed by atoms with Gasteiger partial charge in [-0.05, 0) is 31.1 Å². The summed E-state index contributed by atoms with van der Waals surface area (Å²) in [5.41, 5.74) is 0. The Balaban J connectivity index is 2.15. The summed E-state index contributed by atoms with van der Waals surface area (Å²) in [7, 11) is 0. The third kappa shape index (κ3) is 2.06. The van der Waals surface area contributed by atoms with Crippen LogP contribution >= 0.6 is 0 Å². The molecule has 0 aromatic carbocycles. The van der Waals surface area contributed by atoms with E-state index in [0.29, 0.717) is 18.8 Å². The maximum atomic E-state index is 11.2. The molecular weight excluding hydrogens is 208 g/mol. The van der Waals surface area contributed by atoms with Crippen molar-refractivity contribution in [3.63, 3.8) is 0 Å². The van der Waals surface area contributed by atoms with Crippen molar-refractivity contribution in [1.29, 1.82) is 0 Å². The summed E-state index contributed by atoms with van der Waals surface area (Å²) in [6.45, 7) is 0. The molecule has 4 nitrogen and oxygen atoms in total. The van der Waals surface area contributed by atoms with Gasteiger partial charge in [-0.3, -0.25) is 9.59 Å². The summed E-state index contributed by atoms with van der Waals surface area (Å²) >= 11 is 0. The molecule has 4 heteroatoms. The number of aliphatic carboxylic acids is 2. The van der Waals surface area contributed by atoms with Gasteiger partial charge in [0.2, 0.25) is 0 Å². The summed E-state index contributed by atoms with van der Waals surface area (Å²) in [6.07, 6.45) is 5.21. The Hall–Kier alpha value is -1.06. The van der Waals surface area contributed by atoms with Gasteiger partial charge in [0.25, 0.3) is 0 Å². The van der Waals surface area contributed by atoms with Crippen LogP contribution in [0, 0.1) is 23.7 Å². The van der Waals surface area contributed by atoms with Crippen molar-refractivity contribution in [2.24, 2.45) is 23.7 Å². The first kappa shape index (κ1) is 11.4. The van der Waals surface area contributed by atoms with Crippen LogP contribution in [-0.4, -0.2) is 22.2 Å². The van der Waals surface area contributed by atoms with Crippen molar-refractivity contribution in [2.75, 3.05) is 0 Å². The van der Waals surface area contributed by atoms with Crippen molar-refractivity contribution in [3.8, 4) is 0 Å². The number of hydrogen-bond acceptors (Lipinski definition) is 2. The lowest BCUT2D eigenvalue weighted by Crippen LogP contribution is -2.40. The van der Waals surface area contributed by atoms with Crippen LogP contribution < -0.4 is 0 Å². The molecule has 0 amide bonds. The quantitative estimate of drug-likeness (QED) is 0.755. The summed E-state index contributed by atoms with van der Waals surface area (Å²) < 4.78 is 0. The molecule has 16 heavy (non-hydrogen) atoms. The highest BCUT2D eigenvalue weighted by atomic mass is 16.4. The van der Waals surface area contributed by atoms with E-state index in [4.69, 9.17) is 5.11 Å². The fourth-order valence-corrected chi connectivity index (χ4v) is 3.49. The Labute approximate surface area is 94.7 Å². The summed E-state index contributed by atoms with van der Waals surface area (Å²) in [4.78, 5) is 22.2. The Kier molecular flexibility index (Phi) is 3.17. The number of hydrogen-bond donors (Lipinski definition) is 2. The van der Waals surface area contributed by atoms with Gasteiger partial charge in [-0.2, -0.15) is 0 Å². The van der Waals surface area contributed by atoms with Crippen LogP contribution in [0.15, 0.2) is 0 Å². The lowest BCUT2D eigenvalue weighted by molar-refractivity contribution is -0.153. The Morgan fingerprint density at radius 1 is 0.938 bits per heavy atom. The highest BCUT2D eigenvalue weighted by Gasteiger charge is 2.44. The summed E-state index contributed by atoms with van der Waals surface area (Å²) in [5.74, 6) is -1.95. The lowest BCUT2D eigenvalue weighted by atomic mass is 9.62. The topological polar surface area (TPSA) is 74.6 Å². The highest BCUT2D eigenvalue weighted by molar-refractivity contribution is 5.74. The van der Waals surface area contributed by atoms with Crippen molar-refractivity contribution in [2.45, 2.75) is 38.5 Å². The van der Waals surface area contributed by atoms with Gasteiger partial charge in [-0.25, -0.2) is 0 Å². The third-order valence-electron chi connectivity index (χ3n) is 4.28. The molecule has 0 aliphatic heterocycles. The summed E-state index contributed by atoms with van der Waals surface area (Å²) in [6, 6.07) is 0. The lowest BCUT2D eigenvalue weighted by Gasteiger charge is -2.41. The SMILES string of the molecule is O=C(O)C1CC2CCCCC2C(C(=O)O)C1. The fraction of sp³-hybridized carbons (Fsp3) is 0.833. The Morgan fingerprint density at radius 2 is 1.62 bits per heavy atom. The number of carboxylic acids is 2. The molecule has 0 spiro atoms. The smallest absolute Gasteiger partial charge is 0.306 e. The van der Waals surface area contributed by atoms with E-state index in [9.17, 15) is 14.7 Å². The monoisotopic (exact) mass is 226 g/mol. The molecule has 2 saturated carbocycles.